The number of hydrogen-bond donors (Lipinski definition) is 1. The molecule has 1 amide bonds. The molecule has 1 aromatic heterocycles. The predicted molar refractivity (Wildman–Crippen MR) is 85.7 cm³/mol. The molecule has 1 fully saturated rings. The van der Waals surface area contributed by atoms with Crippen LogP contribution < -0.4 is 5.32 Å². The van der Waals surface area contributed by atoms with Crippen LogP contribution in [0.2, 0.25) is 0 Å². The Morgan fingerprint density at radius 1 is 1.45 bits per heavy atom. The van der Waals surface area contributed by atoms with E-state index in [-0.39, 0.29) is 17.8 Å². The van der Waals surface area contributed by atoms with Crippen LogP contribution in [0.1, 0.15) is 41.4 Å². The number of anilines is 1. The summed E-state index contributed by atoms with van der Waals surface area (Å²) < 4.78 is 13.5. The fourth-order valence-corrected chi connectivity index (χ4v) is 3.51. The van der Waals surface area contributed by atoms with Crippen molar-refractivity contribution in [1.29, 1.82) is 0 Å². The minimum absolute atomic E-state index is 0.0725. The highest BCUT2D eigenvalue weighted by molar-refractivity contribution is 7.13. The van der Waals surface area contributed by atoms with Crippen molar-refractivity contribution in [3.05, 3.63) is 46.7 Å². The topological polar surface area (TPSA) is 45.2 Å². The number of benzene rings is 1. The third-order valence-electron chi connectivity index (χ3n) is 3.93. The molecule has 1 saturated heterocycles. The van der Waals surface area contributed by atoms with E-state index in [2.05, 4.69) is 10.3 Å². The van der Waals surface area contributed by atoms with E-state index >= 15 is 0 Å². The summed E-state index contributed by atoms with van der Waals surface area (Å²) >= 11 is 1.41. The minimum Gasteiger partial charge on any atom is -0.365 e. The van der Waals surface area contributed by atoms with Gasteiger partial charge in [0.25, 0.3) is 5.91 Å². The maximum Gasteiger partial charge on any atom is 0.273 e. The summed E-state index contributed by atoms with van der Waals surface area (Å²) in [6.45, 7) is 0.687. The molecule has 1 aliphatic rings. The summed E-state index contributed by atoms with van der Waals surface area (Å²) in [6, 6.07) is 6.47. The number of thiazole rings is 1. The summed E-state index contributed by atoms with van der Waals surface area (Å²) in [6.07, 6.45) is 2.88. The van der Waals surface area contributed by atoms with Crippen molar-refractivity contribution in [3.63, 3.8) is 0 Å². The zero-order valence-electron chi connectivity index (χ0n) is 12.4. The Kier molecular flexibility index (Phi) is 4.38. The van der Waals surface area contributed by atoms with E-state index < -0.39 is 0 Å². The maximum absolute atomic E-state index is 13.5. The predicted octanol–water partition coefficient (Wildman–Crippen LogP) is 3.69. The number of piperidine rings is 1. The lowest BCUT2D eigenvalue weighted by Crippen LogP contribution is -2.38. The Morgan fingerprint density at radius 2 is 2.32 bits per heavy atom. The van der Waals surface area contributed by atoms with Crippen molar-refractivity contribution in [2.45, 2.75) is 25.3 Å². The van der Waals surface area contributed by atoms with Crippen LogP contribution >= 0.6 is 11.3 Å². The first-order valence-electron chi connectivity index (χ1n) is 7.39. The van der Waals surface area contributed by atoms with Crippen molar-refractivity contribution in [3.8, 4) is 0 Å². The molecule has 3 rings (SSSR count). The van der Waals surface area contributed by atoms with E-state index in [1.165, 1.54) is 23.5 Å². The van der Waals surface area contributed by atoms with Crippen LogP contribution in [-0.2, 0) is 0 Å². The Balaban J connectivity index is 1.87. The van der Waals surface area contributed by atoms with Crippen molar-refractivity contribution >= 4 is 22.4 Å². The molecule has 0 spiro atoms. The SMILES string of the molecule is CNc1nc(C(=O)N2CCCCC2c2cccc(F)c2)cs1. The van der Waals surface area contributed by atoms with E-state index in [0.717, 1.165) is 30.0 Å². The van der Waals surface area contributed by atoms with Crippen LogP contribution in [0.15, 0.2) is 29.6 Å². The minimum atomic E-state index is -0.262. The summed E-state index contributed by atoms with van der Waals surface area (Å²) in [5.41, 5.74) is 1.31. The van der Waals surface area contributed by atoms with Gasteiger partial charge in [-0.2, -0.15) is 0 Å². The van der Waals surface area contributed by atoms with Crippen LogP contribution in [0.4, 0.5) is 9.52 Å². The zero-order valence-corrected chi connectivity index (χ0v) is 13.2. The van der Waals surface area contributed by atoms with Crippen molar-refractivity contribution in [2.75, 3.05) is 18.9 Å². The molecule has 1 aliphatic heterocycles. The van der Waals surface area contributed by atoms with Gasteiger partial charge in [-0.05, 0) is 37.0 Å². The van der Waals surface area contributed by atoms with Gasteiger partial charge in [-0.15, -0.1) is 11.3 Å². The van der Waals surface area contributed by atoms with Gasteiger partial charge >= 0.3 is 0 Å². The fraction of sp³-hybridized carbons (Fsp3) is 0.375. The van der Waals surface area contributed by atoms with Crippen LogP contribution in [0.5, 0.6) is 0 Å². The molecule has 0 aliphatic carbocycles. The van der Waals surface area contributed by atoms with Gasteiger partial charge < -0.3 is 10.2 Å². The molecular weight excluding hydrogens is 301 g/mol. The zero-order chi connectivity index (χ0) is 15.5. The summed E-state index contributed by atoms with van der Waals surface area (Å²) in [4.78, 5) is 18.9. The number of aromatic nitrogens is 1. The van der Waals surface area contributed by atoms with E-state index in [1.807, 2.05) is 11.0 Å². The first-order chi connectivity index (χ1) is 10.7. The van der Waals surface area contributed by atoms with Crippen molar-refractivity contribution < 1.29 is 9.18 Å². The monoisotopic (exact) mass is 319 g/mol. The van der Waals surface area contributed by atoms with Gasteiger partial charge in [0.05, 0.1) is 6.04 Å². The smallest absolute Gasteiger partial charge is 0.273 e. The Bertz CT molecular complexity index is 673. The second-order valence-electron chi connectivity index (χ2n) is 5.35. The first kappa shape index (κ1) is 15.0. The molecule has 2 heterocycles. The third-order valence-corrected chi connectivity index (χ3v) is 4.79. The standard InChI is InChI=1S/C16H18FN3OS/c1-18-16-19-13(10-22-16)15(21)20-8-3-2-7-14(20)11-5-4-6-12(17)9-11/h4-6,9-10,14H,2-3,7-8H2,1H3,(H,18,19). The number of carbonyl (C=O) groups is 1. The largest absolute Gasteiger partial charge is 0.365 e. The lowest BCUT2D eigenvalue weighted by atomic mass is 9.95. The first-order valence-corrected chi connectivity index (χ1v) is 8.26. The number of nitrogens with zero attached hydrogens (tertiary/aromatic N) is 2. The number of amides is 1. The molecule has 116 valence electrons. The maximum atomic E-state index is 13.5. The average molecular weight is 319 g/mol. The second kappa shape index (κ2) is 6.44. The fourth-order valence-electron chi connectivity index (χ4n) is 2.87. The van der Waals surface area contributed by atoms with E-state index in [0.29, 0.717) is 12.2 Å². The highest BCUT2D eigenvalue weighted by Gasteiger charge is 2.30. The summed E-state index contributed by atoms with van der Waals surface area (Å²) in [5.74, 6) is -0.340. The van der Waals surface area contributed by atoms with E-state index in [4.69, 9.17) is 0 Å². The van der Waals surface area contributed by atoms with Gasteiger partial charge in [-0.1, -0.05) is 12.1 Å². The molecule has 0 bridgehead atoms. The Hall–Kier alpha value is -1.95. The number of halogens is 1. The molecule has 1 N–H and O–H groups in total. The van der Waals surface area contributed by atoms with Gasteiger partial charge in [0, 0.05) is 19.0 Å². The molecule has 0 saturated carbocycles. The van der Waals surface area contributed by atoms with Gasteiger partial charge in [0.2, 0.25) is 0 Å². The molecule has 22 heavy (non-hydrogen) atoms. The van der Waals surface area contributed by atoms with Gasteiger partial charge in [-0.25, -0.2) is 9.37 Å². The quantitative estimate of drug-likeness (QED) is 0.938. The molecule has 1 atom stereocenters. The highest BCUT2D eigenvalue weighted by Crippen LogP contribution is 2.32. The lowest BCUT2D eigenvalue weighted by Gasteiger charge is -2.35. The van der Waals surface area contributed by atoms with Crippen molar-refractivity contribution in [1.82, 2.24) is 9.88 Å². The van der Waals surface area contributed by atoms with Crippen LogP contribution in [0.3, 0.4) is 0 Å². The van der Waals surface area contributed by atoms with Crippen molar-refractivity contribution in [2.24, 2.45) is 0 Å². The molecular formula is C16H18FN3OS. The summed E-state index contributed by atoms with van der Waals surface area (Å²) in [7, 11) is 1.78. The van der Waals surface area contributed by atoms with E-state index in [9.17, 15) is 9.18 Å². The number of rotatable bonds is 3. The van der Waals surface area contributed by atoms with E-state index in [1.54, 1.807) is 18.5 Å². The summed E-state index contributed by atoms with van der Waals surface area (Å²) in [5, 5.41) is 5.44. The van der Waals surface area contributed by atoms with Gasteiger partial charge in [-0.3, -0.25) is 4.79 Å². The third kappa shape index (κ3) is 2.97. The van der Waals surface area contributed by atoms with Crippen LogP contribution in [0, 0.1) is 5.82 Å². The number of carbonyl (C=O) groups excluding carboxylic acids is 1. The number of likely N-dealkylation sites (tertiary alicyclic amines) is 1. The number of nitrogens with one attached hydrogen (secondary N) is 1. The highest BCUT2D eigenvalue weighted by atomic mass is 32.1. The molecule has 4 nitrogen and oxygen atoms in total. The van der Waals surface area contributed by atoms with Gasteiger partial charge in [0.1, 0.15) is 11.5 Å². The number of hydrogen-bond acceptors (Lipinski definition) is 4. The normalized spacial score (nSPS) is 18.3. The molecule has 0 radical (unpaired) electrons. The Morgan fingerprint density at radius 3 is 3.05 bits per heavy atom. The molecule has 2 aromatic rings. The van der Waals surface area contributed by atoms with Crippen LogP contribution in [0.25, 0.3) is 0 Å². The molecule has 1 unspecified atom stereocenters. The molecule has 1 aromatic carbocycles. The average Bonchev–Trinajstić information content (AvgIpc) is 3.03. The lowest BCUT2D eigenvalue weighted by molar-refractivity contribution is 0.0606. The molecule has 6 heteroatoms. The Labute approximate surface area is 133 Å². The second-order valence-corrected chi connectivity index (χ2v) is 6.21. The van der Waals surface area contributed by atoms with Crippen LogP contribution in [-0.4, -0.2) is 29.4 Å². The van der Waals surface area contributed by atoms with Gasteiger partial charge in [0.15, 0.2) is 5.13 Å².